The second-order valence-corrected chi connectivity index (χ2v) is 14.1. The minimum absolute atomic E-state index is 0.0159. The van der Waals surface area contributed by atoms with Crippen molar-refractivity contribution < 1.29 is 18.0 Å². The smallest absolute Gasteiger partial charge is 0.253 e. The average Bonchev–Trinajstić information content (AvgIpc) is 3.53. The third-order valence-electron chi connectivity index (χ3n) is 9.29. The van der Waals surface area contributed by atoms with Gasteiger partial charge in [-0.1, -0.05) is 19.8 Å². The Balaban J connectivity index is 1.20. The molecule has 0 unspecified atom stereocenters. The van der Waals surface area contributed by atoms with Crippen LogP contribution in [-0.2, 0) is 21.2 Å². The molecule has 4 aliphatic rings. The lowest BCUT2D eigenvalue weighted by Crippen LogP contribution is -2.51. The molecule has 0 bridgehead atoms. The summed E-state index contributed by atoms with van der Waals surface area (Å²) in [7, 11) is -3.48. The van der Waals surface area contributed by atoms with E-state index in [1.165, 1.54) is 4.31 Å². The van der Waals surface area contributed by atoms with E-state index in [1.807, 2.05) is 30.9 Å². The number of amides is 2. The van der Waals surface area contributed by atoms with Gasteiger partial charge in [-0.3, -0.25) is 14.6 Å². The molecule has 0 aromatic heterocycles. The van der Waals surface area contributed by atoms with Crippen molar-refractivity contribution in [1.29, 1.82) is 0 Å². The number of aliphatic imine (C=N–C) groups is 1. The molecule has 2 saturated heterocycles. The first-order valence-electron chi connectivity index (χ1n) is 14.4. The fourth-order valence-electron chi connectivity index (χ4n) is 6.72. The Kier molecular flexibility index (Phi) is 7.70. The largest absolute Gasteiger partial charge is 0.339 e. The van der Waals surface area contributed by atoms with Crippen LogP contribution < -0.4 is 5.32 Å². The second kappa shape index (κ2) is 10.7. The maximum Gasteiger partial charge on any atom is 0.253 e. The van der Waals surface area contributed by atoms with Gasteiger partial charge in [-0.05, 0) is 93.5 Å². The first-order chi connectivity index (χ1) is 18.1. The van der Waals surface area contributed by atoms with Gasteiger partial charge in [0.1, 0.15) is 11.4 Å². The topological polar surface area (TPSA) is 99.2 Å². The number of sulfonamides is 1. The SMILES string of the molecule is Cc1cc(C(=O)N2CCCC2)cc(C)c1CCS(=O)(=O)N1CCC2(CC1)N=C(C1CCC(C)CC1)NC2=O. The zero-order valence-electron chi connectivity index (χ0n) is 23.1. The number of hydrogen-bond donors (Lipinski definition) is 1. The van der Waals surface area contributed by atoms with Crippen molar-refractivity contribution in [2.24, 2.45) is 16.8 Å². The molecule has 3 heterocycles. The minimum atomic E-state index is -3.48. The van der Waals surface area contributed by atoms with Crippen molar-refractivity contribution in [3.63, 3.8) is 0 Å². The van der Waals surface area contributed by atoms with E-state index >= 15 is 0 Å². The number of aryl methyl sites for hydroxylation is 2. The van der Waals surface area contributed by atoms with Gasteiger partial charge in [0.2, 0.25) is 10.0 Å². The predicted octanol–water partition coefficient (Wildman–Crippen LogP) is 3.60. The van der Waals surface area contributed by atoms with Crippen LogP contribution >= 0.6 is 0 Å². The molecule has 1 N–H and O–H groups in total. The highest BCUT2D eigenvalue weighted by atomic mass is 32.2. The van der Waals surface area contributed by atoms with Gasteiger partial charge in [0.15, 0.2) is 0 Å². The molecule has 0 atom stereocenters. The Labute approximate surface area is 227 Å². The Bertz CT molecular complexity index is 1200. The predicted molar refractivity (Wildman–Crippen MR) is 149 cm³/mol. The molecule has 1 spiro atoms. The average molecular weight is 543 g/mol. The van der Waals surface area contributed by atoms with Crippen LogP contribution in [0.1, 0.15) is 85.3 Å². The van der Waals surface area contributed by atoms with E-state index in [1.54, 1.807) is 0 Å². The summed E-state index contributed by atoms with van der Waals surface area (Å²) in [6.07, 6.45) is 7.80. The lowest BCUT2D eigenvalue weighted by molar-refractivity contribution is -0.125. The zero-order chi connectivity index (χ0) is 27.1. The van der Waals surface area contributed by atoms with Gasteiger partial charge in [0, 0.05) is 37.7 Å². The summed E-state index contributed by atoms with van der Waals surface area (Å²) in [5.74, 6) is 1.90. The second-order valence-electron chi connectivity index (χ2n) is 12.0. The number of carbonyl (C=O) groups is 2. The fraction of sp³-hybridized carbons (Fsp3) is 0.690. The van der Waals surface area contributed by atoms with E-state index in [4.69, 9.17) is 4.99 Å². The van der Waals surface area contributed by atoms with Gasteiger partial charge in [-0.25, -0.2) is 12.7 Å². The Morgan fingerprint density at radius 2 is 1.63 bits per heavy atom. The van der Waals surface area contributed by atoms with Gasteiger partial charge >= 0.3 is 0 Å². The summed E-state index contributed by atoms with van der Waals surface area (Å²) in [6, 6.07) is 3.81. The molecule has 5 rings (SSSR count). The summed E-state index contributed by atoms with van der Waals surface area (Å²) in [4.78, 5) is 32.6. The van der Waals surface area contributed by atoms with E-state index in [9.17, 15) is 18.0 Å². The van der Waals surface area contributed by atoms with Crippen LogP contribution in [0.4, 0.5) is 0 Å². The number of likely N-dealkylation sites (tertiary alicyclic amines) is 1. The lowest BCUT2D eigenvalue weighted by Gasteiger charge is -2.34. The first kappa shape index (κ1) is 27.3. The minimum Gasteiger partial charge on any atom is -0.339 e. The first-order valence-corrected chi connectivity index (χ1v) is 16.0. The van der Waals surface area contributed by atoms with E-state index < -0.39 is 15.6 Å². The molecule has 208 valence electrons. The van der Waals surface area contributed by atoms with Crippen LogP contribution in [0.25, 0.3) is 0 Å². The van der Waals surface area contributed by atoms with Crippen LogP contribution in [-0.4, -0.2) is 72.7 Å². The zero-order valence-corrected chi connectivity index (χ0v) is 23.9. The number of piperidine rings is 1. The number of hydrogen-bond acceptors (Lipinski definition) is 5. The summed E-state index contributed by atoms with van der Waals surface area (Å²) < 4.78 is 28.1. The molecule has 1 aromatic rings. The van der Waals surface area contributed by atoms with Crippen LogP contribution in [0.5, 0.6) is 0 Å². The van der Waals surface area contributed by atoms with E-state index in [0.29, 0.717) is 43.8 Å². The standard InChI is InChI=1S/C29H42N4O4S/c1-20-6-8-23(9-7-20)26-30-28(35)29(31-26)11-15-33(16-12-29)38(36,37)17-10-25-21(2)18-24(19-22(25)3)27(34)32-13-4-5-14-32/h18-20,23H,4-17H2,1-3H3,(H,30,31,35). The summed E-state index contributed by atoms with van der Waals surface area (Å²) in [6.45, 7) is 8.44. The third-order valence-corrected chi connectivity index (χ3v) is 11.2. The molecule has 9 heteroatoms. The van der Waals surface area contributed by atoms with Crippen molar-refractivity contribution in [3.8, 4) is 0 Å². The highest BCUT2D eigenvalue weighted by Crippen LogP contribution is 2.36. The van der Waals surface area contributed by atoms with Crippen molar-refractivity contribution in [2.75, 3.05) is 31.9 Å². The Hall–Kier alpha value is -2.26. The fourth-order valence-corrected chi connectivity index (χ4v) is 8.18. The Morgan fingerprint density at radius 3 is 2.24 bits per heavy atom. The van der Waals surface area contributed by atoms with E-state index in [0.717, 1.165) is 80.1 Å². The molecule has 8 nitrogen and oxygen atoms in total. The van der Waals surface area contributed by atoms with Gasteiger partial charge in [-0.15, -0.1) is 0 Å². The number of nitrogens with zero attached hydrogens (tertiary/aromatic N) is 3. The number of rotatable bonds is 6. The molecule has 1 saturated carbocycles. The van der Waals surface area contributed by atoms with Crippen molar-refractivity contribution in [3.05, 3.63) is 34.4 Å². The van der Waals surface area contributed by atoms with Gasteiger partial charge in [-0.2, -0.15) is 0 Å². The van der Waals surface area contributed by atoms with Gasteiger partial charge < -0.3 is 10.2 Å². The number of carbonyl (C=O) groups excluding carboxylic acids is 2. The number of nitrogens with one attached hydrogen (secondary N) is 1. The molecule has 2 amide bonds. The highest BCUT2D eigenvalue weighted by molar-refractivity contribution is 7.89. The maximum absolute atomic E-state index is 13.3. The van der Waals surface area contributed by atoms with Gasteiger partial charge in [0.25, 0.3) is 11.8 Å². The van der Waals surface area contributed by atoms with Crippen LogP contribution in [0.3, 0.4) is 0 Å². The van der Waals surface area contributed by atoms with Crippen molar-refractivity contribution >= 4 is 27.7 Å². The monoisotopic (exact) mass is 542 g/mol. The Morgan fingerprint density at radius 1 is 1.03 bits per heavy atom. The number of amidine groups is 1. The van der Waals surface area contributed by atoms with Crippen LogP contribution in [0, 0.1) is 25.7 Å². The molecule has 0 radical (unpaired) electrons. The van der Waals surface area contributed by atoms with Crippen LogP contribution in [0.2, 0.25) is 0 Å². The summed E-state index contributed by atoms with van der Waals surface area (Å²) >= 11 is 0. The quantitative estimate of drug-likeness (QED) is 0.594. The van der Waals surface area contributed by atoms with E-state index in [-0.39, 0.29) is 17.6 Å². The van der Waals surface area contributed by atoms with Crippen molar-refractivity contribution in [1.82, 2.24) is 14.5 Å². The summed E-state index contributed by atoms with van der Waals surface area (Å²) in [5, 5.41) is 3.06. The molecule has 3 aliphatic heterocycles. The van der Waals surface area contributed by atoms with E-state index in [2.05, 4.69) is 12.2 Å². The lowest BCUT2D eigenvalue weighted by atomic mass is 9.82. The molecule has 38 heavy (non-hydrogen) atoms. The number of benzene rings is 1. The molecule has 1 aliphatic carbocycles. The molecule has 3 fully saturated rings. The molecular formula is C29H42N4O4S. The van der Waals surface area contributed by atoms with Crippen LogP contribution in [0.15, 0.2) is 17.1 Å². The maximum atomic E-state index is 13.3. The third kappa shape index (κ3) is 5.41. The molecule has 1 aromatic carbocycles. The van der Waals surface area contributed by atoms with Crippen molar-refractivity contribution in [2.45, 2.75) is 84.1 Å². The highest BCUT2D eigenvalue weighted by Gasteiger charge is 2.48. The summed E-state index contributed by atoms with van der Waals surface area (Å²) in [5.41, 5.74) is 2.79. The van der Waals surface area contributed by atoms with Gasteiger partial charge in [0.05, 0.1) is 5.75 Å². The normalized spacial score (nSPS) is 26.0. The molecular weight excluding hydrogens is 500 g/mol.